The number of benzene rings is 1. The lowest BCUT2D eigenvalue weighted by atomic mass is 9.64. The number of ether oxygens (including phenoxy) is 1. The number of piperazine rings is 1. The van der Waals surface area contributed by atoms with Gasteiger partial charge in [-0.15, -0.1) is 0 Å². The van der Waals surface area contributed by atoms with E-state index in [0.717, 1.165) is 36.0 Å². The number of nitrogens with zero attached hydrogens (tertiary/aromatic N) is 7. The molecule has 1 amide bonds. The summed E-state index contributed by atoms with van der Waals surface area (Å²) in [5, 5.41) is 4.50. The summed E-state index contributed by atoms with van der Waals surface area (Å²) in [4.78, 5) is 34.6. The van der Waals surface area contributed by atoms with Crippen LogP contribution in [0.2, 0.25) is 0 Å². The lowest BCUT2D eigenvalue weighted by Crippen LogP contribution is -2.52. The third-order valence-corrected chi connectivity index (χ3v) is 7.79. The number of nitrogen functional groups attached to an aromatic ring is 1. The monoisotopic (exact) mass is 554 g/mol. The molecule has 2 N–H and O–H groups in total. The molecule has 2 aliphatic rings. The molecule has 1 aromatic carbocycles. The van der Waals surface area contributed by atoms with Crippen molar-refractivity contribution in [2.75, 3.05) is 30.3 Å². The van der Waals surface area contributed by atoms with E-state index in [4.69, 9.17) is 20.0 Å². The van der Waals surface area contributed by atoms with E-state index in [9.17, 15) is 4.79 Å². The fraction of sp³-hybridized carbons (Fsp3) is 0.400. The van der Waals surface area contributed by atoms with Crippen LogP contribution in [0.3, 0.4) is 0 Å². The fourth-order valence-electron chi connectivity index (χ4n) is 5.49. The first-order valence-corrected chi connectivity index (χ1v) is 13.9. The fourth-order valence-corrected chi connectivity index (χ4v) is 5.49. The van der Waals surface area contributed by atoms with Crippen molar-refractivity contribution >= 4 is 17.7 Å². The Morgan fingerprint density at radius 1 is 1.02 bits per heavy atom. The van der Waals surface area contributed by atoms with Gasteiger partial charge in [0.1, 0.15) is 23.3 Å². The standard InChI is InChI=1S/C30H34N8O3/c1-29(2,3)40-28(39)37-15-16-38(25-18-32-13-14-33-25)23(19-37)26-35-27(36-41-26)30(11-4-12-30)22-8-5-20(6-9-22)21-7-10-24(31)34-17-21/h5-10,13-14,17-18,23H,4,11-12,15-16,19H2,1-3H3,(H2,31,34). The second-order valence-corrected chi connectivity index (χ2v) is 11.6. The molecule has 6 rings (SSSR count). The highest BCUT2D eigenvalue weighted by atomic mass is 16.6. The number of carbonyl (C=O) groups excluding carboxylic acids is 1. The smallest absolute Gasteiger partial charge is 0.410 e. The molecule has 2 fully saturated rings. The van der Waals surface area contributed by atoms with Crippen molar-refractivity contribution in [3.05, 3.63) is 78.5 Å². The maximum Gasteiger partial charge on any atom is 0.410 e. The van der Waals surface area contributed by atoms with Crippen molar-refractivity contribution in [1.82, 2.24) is 30.0 Å². The molecule has 41 heavy (non-hydrogen) atoms. The Morgan fingerprint density at radius 2 is 1.80 bits per heavy atom. The van der Waals surface area contributed by atoms with Crippen LogP contribution in [-0.4, -0.2) is 61.3 Å². The predicted octanol–water partition coefficient (Wildman–Crippen LogP) is 4.77. The average molecular weight is 555 g/mol. The van der Waals surface area contributed by atoms with Crippen molar-refractivity contribution in [2.45, 2.75) is 57.1 Å². The van der Waals surface area contributed by atoms with Crippen LogP contribution < -0.4 is 10.6 Å². The van der Waals surface area contributed by atoms with Crippen molar-refractivity contribution in [3.63, 3.8) is 0 Å². The van der Waals surface area contributed by atoms with Gasteiger partial charge in [-0.3, -0.25) is 4.98 Å². The third kappa shape index (κ3) is 5.31. The van der Waals surface area contributed by atoms with Gasteiger partial charge in [-0.1, -0.05) is 35.8 Å². The van der Waals surface area contributed by atoms with Crippen LogP contribution in [0.5, 0.6) is 0 Å². The Hall–Kier alpha value is -4.54. The summed E-state index contributed by atoms with van der Waals surface area (Å²) < 4.78 is 11.6. The highest BCUT2D eigenvalue weighted by Crippen LogP contribution is 2.48. The number of nitrogens with two attached hydrogens (primary N) is 1. The van der Waals surface area contributed by atoms with Gasteiger partial charge >= 0.3 is 6.09 Å². The molecule has 0 radical (unpaired) electrons. The molecule has 3 aromatic heterocycles. The number of pyridine rings is 1. The summed E-state index contributed by atoms with van der Waals surface area (Å²) in [7, 11) is 0. The molecule has 0 bridgehead atoms. The Balaban J connectivity index is 1.29. The molecule has 1 saturated heterocycles. The molecular weight excluding hydrogens is 520 g/mol. The van der Waals surface area contributed by atoms with Gasteiger partial charge < -0.3 is 24.8 Å². The summed E-state index contributed by atoms with van der Waals surface area (Å²) in [6.45, 7) is 6.90. The highest BCUT2D eigenvalue weighted by molar-refractivity contribution is 5.69. The Bertz CT molecular complexity index is 1500. The number of aromatic nitrogens is 5. The van der Waals surface area contributed by atoms with E-state index in [1.807, 2.05) is 26.8 Å². The van der Waals surface area contributed by atoms with Crippen LogP contribution in [-0.2, 0) is 10.2 Å². The first-order valence-electron chi connectivity index (χ1n) is 13.9. The topological polar surface area (TPSA) is 136 Å². The molecule has 11 heteroatoms. The van der Waals surface area contributed by atoms with Gasteiger partial charge in [0.05, 0.1) is 18.2 Å². The van der Waals surface area contributed by atoms with Gasteiger partial charge in [-0.2, -0.15) is 4.98 Å². The number of anilines is 2. The summed E-state index contributed by atoms with van der Waals surface area (Å²) in [6, 6.07) is 11.8. The molecule has 1 saturated carbocycles. The molecule has 4 aromatic rings. The summed E-state index contributed by atoms with van der Waals surface area (Å²) in [5.41, 5.74) is 8.05. The molecule has 212 valence electrons. The Morgan fingerprint density at radius 3 is 2.44 bits per heavy atom. The highest BCUT2D eigenvalue weighted by Gasteiger charge is 2.46. The second-order valence-electron chi connectivity index (χ2n) is 11.6. The first-order chi connectivity index (χ1) is 19.7. The molecule has 0 spiro atoms. The van der Waals surface area contributed by atoms with Crippen molar-refractivity contribution in [3.8, 4) is 11.1 Å². The van der Waals surface area contributed by atoms with E-state index < -0.39 is 11.6 Å². The van der Waals surface area contributed by atoms with Gasteiger partial charge in [-0.05, 0) is 56.9 Å². The number of rotatable bonds is 5. The molecule has 1 aliphatic carbocycles. The van der Waals surface area contributed by atoms with Gasteiger partial charge in [0.25, 0.3) is 5.89 Å². The van der Waals surface area contributed by atoms with E-state index in [1.54, 1.807) is 35.8 Å². The van der Waals surface area contributed by atoms with Crippen molar-refractivity contribution in [2.24, 2.45) is 0 Å². The summed E-state index contributed by atoms with van der Waals surface area (Å²) in [6.07, 6.45) is 9.34. The zero-order valence-electron chi connectivity index (χ0n) is 23.5. The Kier molecular flexibility index (Phi) is 6.80. The zero-order chi connectivity index (χ0) is 28.6. The van der Waals surface area contributed by atoms with Crippen LogP contribution in [0.4, 0.5) is 16.4 Å². The summed E-state index contributed by atoms with van der Waals surface area (Å²) >= 11 is 0. The van der Waals surface area contributed by atoms with Gasteiger partial charge in [-0.25, -0.2) is 14.8 Å². The van der Waals surface area contributed by atoms with Crippen LogP contribution in [0.15, 0.2) is 65.7 Å². The van der Waals surface area contributed by atoms with E-state index in [-0.39, 0.29) is 11.5 Å². The van der Waals surface area contributed by atoms with Gasteiger partial charge in [0.2, 0.25) is 0 Å². The SMILES string of the molecule is CC(C)(C)OC(=O)N1CCN(c2cnccn2)C(c2nc(C3(c4ccc(-c5ccc(N)nc5)cc4)CCC3)no2)C1. The zero-order valence-corrected chi connectivity index (χ0v) is 23.5. The minimum absolute atomic E-state index is 0.323. The van der Waals surface area contributed by atoms with E-state index >= 15 is 0 Å². The van der Waals surface area contributed by atoms with Gasteiger partial charge in [0, 0.05) is 37.2 Å². The maximum atomic E-state index is 13.0. The third-order valence-electron chi connectivity index (χ3n) is 7.79. The van der Waals surface area contributed by atoms with Crippen LogP contribution >= 0.6 is 0 Å². The minimum atomic E-state index is -0.594. The van der Waals surface area contributed by atoms with Crippen LogP contribution in [0.1, 0.15) is 63.4 Å². The quantitative estimate of drug-likeness (QED) is 0.367. The molecular formula is C30H34N8O3. The molecule has 1 unspecified atom stereocenters. The van der Waals surface area contributed by atoms with Gasteiger partial charge in [0.15, 0.2) is 5.82 Å². The normalized spacial score (nSPS) is 18.6. The molecule has 11 nitrogen and oxygen atoms in total. The van der Waals surface area contributed by atoms with Crippen molar-refractivity contribution in [1.29, 1.82) is 0 Å². The average Bonchev–Trinajstić information content (AvgIpc) is 3.43. The minimum Gasteiger partial charge on any atom is -0.444 e. The van der Waals surface area contributed by atoms with Crippen molar-refractivity contribution < 1.29 is 14.1 Å². The number of hydrogen-bond acceptors (Lipinski definition) is 10. The van der Waals surface area contributed by atoms with Crippen LogP contribution in [0, 0.1) is 0 Å². The maximum absolute atomic E-state index is 13.0. The van der Waals surface area contributed by atoms with E-state index in [0.29, 0.717) is 43.0 Å². The largest absolute Gasteiger partial charge is 0.444 e. The molecule has 4 heterocycles. The first kappa shape index (κ1) is 26.7. The van der Waals surface area contributed by atoms with E-state index in [1.165, 1.54) is 0 Å². The van der Waals surface area contributed by atoms with Crippen LogP contribution in [0.25, 0.3) is 11.1 Å². The Labute approximate surface area is 238 Å². The predicted molar refractivity (Wildman–Crippen MR) is 153 cm³/mol. The lowest BCUT2D eigenvalue weighted by molar-refractivity contribution is 0.0205. The number of carbonyl (C=O) groups is 1. The molecule has 1 atom stereocenters. The lowest BCUT2D eigenvalue weighted by Gasteiger charge is -2.41. The second kappa shape index (κ2) is 10.5. The molecule has 1 aliphatic heterocycles. The number of amides is 1. The summed E-state index contributed by atoms with van der Waals surface area (Å²) in [5.74, 6) is 2.29. The van der Waals surface area contributed by atoms with E-state index in [2.05, 4.69) is 49.3 Å². The number of hydrogen-bond donors (Lipinski definition) is 1.